The first-order valence-corrected chi connectivity index (χ1v) is 4.16. The number of anilines is 1. The largest absolute Gasteiger partial charge is 0.367 e. The maximum Gasteiger partial charge on any atom is 0.239 e. The molecule has 14 heavy (non-hydrogen) atoms. The first kappa shape index (κ1) is 8.68. The lowest BCUT2D eigenvalue weighted by atomic mass is 10.1. The van der Waals surface area contributed by atoms with Gasteiger partial charge in [0.25, 0.3) is 0 Å². The van der Waals surface area contributed by atoms with Gasteiger partial charge in [-0.1, -0.05) is 18.2 Å². The van der Waals surface area contributed by atoms with Gasteiger partial charge in [0.2, 0.25) is 5.95 Å². The van der Waals surface area contributed by atoms with Gasteiger partial charge in [-0.2, -0.15) is 4.98 Å². The summed E-state index contributed by atoms with van der Waals surface area (Å²) in [6.07, 6.45) is 0.372. The minimum absolute atomic E-state index is 0.177. The molecule has 0 aliphatic heterocycles. The van der Waals surface area contributed by atoms with Crippen LogP contribution in [0.1, 0.15) is 11.4 Å². The third-order valence-electron chi connectivity index (χ3n) is 1.86. The van der Waals surface area contributed by atoms with Crippen molar-refractivity contribution in [3.63, 3.8) is 0 Å². The Morgan fingerprint density at radius 1 is 1.36 bits per heavy atom. The van der Waals surface area contributed by atoms with Crippen molar-refractivity contribution in [2.45, 2.75) is 6.42 Å². The van der Waals surface area contributed by atoms with Gasteiger partial charge in [-0.15, -0.1) is 5.10 Å². The van der Waals surface area contributed by atoms with E-state index in [1.165, 1.54) is 6.07 Å². The molecule has 0 aliphatic rings. The summed E-state index contributed by atoms with van der Waals surface area (Å²) in [4.78, 5) is 3.89. The number of H-pyrrole nitrogens is 1. The Morgan fingerprint density at radius 3 is 2.79 bits per heavy atom. The second-order valence-electron chi connectivity index (χ2n) is 2.91. The molecule has 0 amide bonds. The van der Waals surface area contributed by atoms with E-state index in [1.807, 2.05) is 0 Å². The molecular weight excluding hydrogens is 183 g/mol. The van der Waals surface area contributed by atoms with Crippen LogP contribution in [0.4, 0.5) is 10.3 Å². The van der Waals surface area contributed by atoms with Crippen LogP contribution < -0.4 is 5.73 Å². The highest BCUT2D eigenvalue weighted by molar-refractivity contribution is 5.22. The van der Waals surface area contributed by atoms with Crippen LogP contribution in [0.15, 0.2) is 24.3 Å². The fourth-order valence-electron chi connectivity index (χ4n) is 1.21. The molecule has 1 aromatic carbocycles. The Labute approximate surface area is 80.0 Å². The van der Waals surface area contributed by atoms with Gasteiger partial charge >= 0.3 is 0 Å². The highest BCUT2D eigenvalue weighted by atomic mass is 19.1. The summed E-state index contributed by atoms with van der Waals surface area (Å²) in [5, 5.41) is 6.29. The van der Waals surface area contributed by atoms with Gasteiger partial charge < -0.3 is 5.73 Å². The van der Waals surface area contributed by atoms with E-state index in [9.17, 15) is 4.39 Å². The van der Waals surface area contributed by atoms with Gasteiger partial charge in [0.05, 0.1) is 0 Å². The quantitative estimate of drug-likeness (QED) is 0.749. The van der Waals surface area contributed by atoms with Gasteiger partial charge in [-0.05, 0) is 11.6 Å². The molecule has 5 heteroatoms. The van der Waals surface area contributed by atoms with E-state index in [-0.39, 0.29) is 11.8 Å². The van der Waals surface area contributed by atoms with Crippen molar-refractivity contribution in [1.29, 1.82) is 0 Å². The van der Waals surface area contributed by atoms with Crippen LogP contribution in [0.5, 0.6) is 0 Å². The summed E-state index contributed by atoms with van der Waals surface area (Å²) in [5.41, 5.74) is 5.90. The van der Waals surface area contributed by atoms with E-state index in [2.05, 4.69) is 15.2 Å². The zero-order chi connectivity index (χ0) is 9.97. The monoisotopic (exact) mass is 192 g/mol. The number of hydrogen-bond donors (Lipinski definition) is 2. The van der Waals surface area contributed by atoms with Gasteiger partial charge in [0, 0.05) is 6.42 Å². The van der Waals surface area contributed by atoms with Crippen LogP contribution >= 0.6 is 0 Å². The van der Waals surface area contributed by atoms with E-state index >= 15 is 0 Å². The van der Waals surface area contributed by atoms with Gasteiger partial charge in [-0.25, -0.2) is 4.39 Å². The second kappa shape index (κ2) is 3.45. The van der Waals surface area contributed by atoms with E-state index in [4.69, 9.17) is 5.73 Å². The third kappa shape index (κ3) is 1.71. The molecule has 72 valence electrons. The Morgan fingerprint density at radius 2 is 2.14 bits per heavy atom. The van der Waals surface area contributed by atoms with Crippen molar-refractivity contribution in [2.24, 2.45) is 0 Å². The third-order valence-corrected chi connectivity index (χ3v) is 1.86. The van der Waals surface area contributed by atoms with E-state index in [1.54, 1.807) is 18.2 Å². The minimum atomic E-state index is -0.248. The molecule has 1 heterocycles. The molecule has 2 aromatic rings. The van der Waals surface area contributed by atoms with Crippen molar-refractivity contribution in [3.8, 4) is 0 Å². The summed E-state index contributed by atoms with van der Waals surface area (Å²) in [6.45, 7) is 0. The Balaban J connectivity index is 2.23. The number of nitrogen functional groups attached to an aromatic ring is 1. The van der Waals surface area contributed by atoms with Crippen LogP contribution in [0, 0.1) is 5.82 Å². The Kier molecular flexibility index (Phi) is 2.14. The lowest BCUT2D eigenvalue weighted by Gasteiger charge is -1.98. The van der Waals surface area contributed by atoms with Crippen molar-refractivity contribution in [2.75, 3.05) is 5.73 Å². The summed E-state index contributed by atoms with van der Waals surface area (Å²) in [6, 6.07) is 6.54. The SMILES string of the molecule is Nc1n[nH]c(Cc2ccccc2F)n1. The van der Waals surface area contributed by atoms with E-state index < -0.39 is 0 Å². The fraction of sp³-hybridized carbons (Fsp3) is 0.111. The molecule has 0 saturated carbocycles. The highest BCUT2D eigenvalue weighted by Gasteiger charge is 2.05. The number of hydrogen-bond acceptors (Lipinski definition) is 3. The van der Waals surface area contributed by atoms with E-state index in [0.29, 0.717) is 17.8 Å². The zero-order valence-electron chi connectivity index (χ0n) is 7.37. The number of aromatic nitrogens is 3. The van der Waals surface area contributed by atoms with Crippen molar-refractivity contribution >= 4 is 5.95 Å². The number of aromatic amines is 1. The second-order valence-corrected chi connectivity index (χ2v) is 2.91. The highest BCUT2D eigenvalue weighted by Crippen LogP contribution is 2.10. The number of nitrogens with zero attached hydrogens (tertiary/aromatic N) is 2. The van der Waals surface area contributed by atoms with Crippen LogP contribution in [0.2, 0.25) is 0 Å². The number of benzene rings is 1. The zero-order valence-corrected chi connectivity index (χ0v) is 7.37. The normalized spacial score (nSPS) is 10.4. The summed E-state index contributed by atoms with van der Waals surface area (Å²) < 4.78 is 13.2. The first-order chi connectivity index (χ1) is 6.75. The fourth-order valence-corrected chi connectivity index (χ4v) is 1.21. The van der Waals surface area contributed by atoms with Crippen molar-refractivity contribution in [1.82, 2.24) is 15.2 Å². The van der Waals surface area contributed by atoms with Gasteiger partial charge in [0.1, 0.15) is 11.6 Å². The standard InChI is InChI=1S/C9H9FN4/c10-7-4-2-1-3-6(7)5-8-12-9(11)14-13-8/h1-4H,5H2,(H3,11,12,13,14). The molecule has 0 unspecified atom stereocenters. The molecule has 0 atom stereocenters. The summed E-state index contributed by atoms with van der Waals surface area (Å²) in [7, 11) is 0. The average Bonchev–Trinajstić information content (AvgIpc) is 2.56. The van der Waals surface area contributed by atoms with Crippen LogP contribution in [0.3, 0.4) is 0 Å². The number of halogens is 1. The minimum Gasteiger partial charge on any atom is -0.367 e. The Bertz CT molecular complexity index is 438. The van der Waals surface area contributed by atoms with Crippen molar-refractivity contribution in [3.05, 3.63) is 41.5 Å². The van der Waals surface area contributed by atoms with Crippen LogP contribution in [-0.4, -0.2) is 15.2 Å². The molecule has 0 spiro atoms. The molecule has 4 nitrogen and oxygen atoms in total. The average molecular weight is 192 g/mol. The summed E-state index contributed by atoms with van der Waals surface area (Å²) in [5.74, 6) is 0.492. The van der Waals surface area contributed by atoms with Gasteiger partial charge in [-0.3, -0.25) is 5.10 Å². The van der Waals surface area contributed by atoms with Crippen molar-refractivity contribution < 1.29 is 4.39 Å². The molecule has 2 rings (SSSR count). The lowest BCUT2D eigenvalue weighted by Crippen LogP contribution is -1.94. The van der Waals surface area contributed by atoms with Crippen LogP contribution in [-0.2, 0) is 6.42 Å². The molecular formula is C9H9FN4. The maximum absolute atomic E-state index is 13.2. The topological polar surface area (TPSA) is 67.6 Å². The smallest absolute Gasteiger partial charge is 0.239 e. The number of rotatable bonds is 2. The summed E-state index contributed by atoms with van der Waals surface area (Å²) >= 11 is 0. The molecule has 0 radical (unpaired) electrons. The predicted molar refractivity (Wildman–Crippen MR) is 50.0 cm³/mol. The molecule has 3 N–H and O–H groups in total. The predicted octanol–water partition coefficient (Wildman–Crippen LogP) is 1.12. The molecule has 0 fully saturated rings. The number of nitrogens with one attached hydrogen (secondary N) is 1. The van der Waals surface area contributed by atoms with Crippen LogP contribution in [0.25, 0.3) is 0 Å². The number of nitrogens with two attached hydrogens (primary N) is 1. The molecule has 0 aliphatic carbocycles. The van der Waals surface area contributed by atoms with E-state index in [0.717, 1.165) is 0 Å². The molecule has 0 saturated heterocycles. The molecule has 1 aromatic heterocycles. The lowest BCUT2D eigenvalue weighted by molar-refractivity contribution is 0.612. The maximum atomic E-state index is 13.2. The first-order valence-electron chi connectivity index (χ1n) is 4.16. The van der Waals surface area contributed by atoms with Gasteiger partial charge in [0.15, 0.2) is 0 Å². The molecule has 0 bridgehead atoms. The Hall–Kier alpha value is -1.91.